The van der Waals surface area contributed by atoms with Gasteiger partial charge in [-0.2, -0.15) is 0 Å². The second-order valence-electron chi connectivity index (χ2n) is 9.16. The second-order valence-corrected chi connectivity index (χ2v) is 9.16. The molecule has 2 N–H and O–H groups in total. The number of ether oxygens (including phenoxy) is 1. The normalized spacial score (nSPS) is 16.4. The van der Waals surface area contributed by atoms with Crippen LogP contribution < -0.4 is 10.6 Å². The molecule has 5 rings (SSSR count). The fourth-order valence-corrected chi connectivity index (χ4v) is 4.35. The molecule has 1 aliphatic heterocycles. The third-order valence-corrected chi connectivity index (χ3v) is 6.44. The van der Waals surface area contributed by atoms with E-state index in [4.69, 9.17) is 4.74 Å². The highest BCUT2D eigenvalue weighted by Crippen LogP contribution is 2.34. The SMILES string of the molecule is O=C(Nc1ccc(C2OC(=O)N(Cc3ccc(F)cc3)C2C(=O)NCc2ccncc2)cc1)c1ccc(F)cc1. The van der Waals surface area contributed by atoms with E-state index in [1.165, 1.54) is 41.3 Å². The number of hydrogen-bond donors (Lipinski definition) is 2. The van der Waals surface area contributed by atoms with Gasteiger partial charge in [0.25, 0.3) is 5.91 Å². The van der Waals surface area contributed by atoms with E-state index in [2.05, 4.69) is 15.6 Å². The van der Waals surface area contributed by atoms with Gasteiger partial charge in [-0.1, -0.05) is 24.3 Å². The summed E-state index contributed by atoms with van der Waals surface area (Å²) in [5.41, 5.74) is 2.75. The molecule has 1 aliphatic rings. The van der Waals surface area contributed by atoms with Crippen molar-refractivity contribution >= 4 is 23.6 Å². The summed E-state index contributed by atoms with van der Waals surface area (Å²) in [5, 5.41) is 5.59. The number of aromatic nitrogens is 1. The van der Waals surface area contributed by atoms with Crippen LogP contribution in [0.15, 0.2) is 97.3 Å². The molecule has 0 saturated carbocycles. The molecule has 4 aromatic rings. The van der Waals surface area contributed by atoms with Gasteiger partial charge in [0.1, 0.15) is 11.6 Å². The lowest BCUT2D eigenvalue weighted by Gasteiger charge is -2.24. The first-order valence-corrected chi connectivity index (χ1v) is 12.4. The third kappa shape index (κ3) is 6.12. The summed E-state index contributed by atoms with van der Waals surface area (Å²) < 4.78 is 32.3. The first-order chi connectivity index (χ1) is 19.4. The fraction of sp³-hybridized carbons (Fsp3) is 0.133. The summed E-state index contributed by atoms with van der Waals surface area (Å²) in [5.74, 6) is -1.70. The van der Waals surface area contributed by atoms with E-state index >= 15 is 0 Å². The molecular weight excluding hydrogens is 518 g/mol. The smallest absolute Gasteiger partial charge is 0.411 e. The van der Waals surface area contributed by atoms with Crippen LogP contribution in [0.5, 0.6) is 0 Å². The molecule has 0 spiro atoms. The maximum Gasteiger partial charge on any atom is 0.411 e. The van der Waals surface area contributed by atoms with Crippen molar-refractivity contribution in [2.24, 2.45) is 0 Å². The van der Waals surface area contributed by atoms with E-state index in [1.54, 1.807) is 60.9 Å². The Kier molecular flexibility index (Phi) is 7.77. The number of cyclic esters (lactones) is 1. The van der Waals surface area contributed by atoms with E-state index in [9.17, 15) is 23.2 Å². The second kappa shape index (κ2) is 11.7. The van der Waals surface area contributed by atoms with Crippen molar-refractivity contribution in [1.29, 1.82) is 0 Å². The largest absolute Gasteiger partial charge is 0.438 e. The molecule has 1 fully saturated rings. The van der Waals surface area contributed by atoms with Crippen LogP contribution in [0.3, 0.4) is 0 Å². The number of carbonyl (C=O) groups is 3. The molecule has 3 amide bonds. The highest BCUT2D eigenvalue weighted by atomic mass is 19.1. The molecule has 40 heavy (non-hydrogen) atoms. The van der Waals surface area contributed by atoms with Gasteiger partial charge in [0.2, 0.25) is 5.91 Å². The van der Waals surface area contributed by atoms with Crippen LogP contribution in [0.1, 0.15) is 33.2 Å². The standard InChI is InChI=1S/C30H24F2N4O4/c31-23-7-1-20(2-8-23)18-36-26(29(38)34-17-19-13-15-33-16-14-19)27(40-30(36)39)21-5-11-25(12-6-21)35-28(37)22-3-9-24(32)10-4-22/h1-16,26-27H,17-18H2,(H,34,38)(H,35,37). The molecule has 202 valence electrons. The zero-order chi connectivity index (χ0) is 28.1. The number of halogens is 2. The van der Waals surface area contributed by atoms with Gasteiger partial charge in [-0.05, 0) is 77.4 Å². The topological polar surface area (TPSA) is 101 Å². The molecule has 0 bridgehead atoms. The molecule has 2 atom stereocenters. The van der Waals surface area contributed by atoms with Gasteiger partial charge in [-0.15, -0.1) is 0 Å². The first kappa shape index (κ1) is 26.5. The van der Waals surface area contributed by atoms with Crippen LogP contribution in [0.4, 0.5) is 19.3 Å². The summed E-state index contributed by atoms with van der Waals surface area (Å²) in [6.07, 6.45) is 1.60. The van der Waals surface area contributed by atoms with Gasteiger partial charge in [-0.3, -0.25) is 19.5 Å². The number of anilines is 1. The minimum absolute atomic E-state index is 0.0365. The summed E-state index contributed by atoms with van der Waals surface area (Å²) in [4.78, 5) is 44.2. The highest BCUT2D eigenvalue weighted by Gasteiger charge is 2.46. The molecule has 2 unspecified atom stereocenters. The Morgan fingerprint density at radius 3 is 2.10 bits per heavy atom. The minimum Gasteiger partial charge on any atom is -0.438 e. The van der Waals surface area contributed by atoms with Gasteiger partial charge in [0, 0.05) is 30.2 Å². The van der Waals surface area contributed by atoms with Crippen molar-refractivity contribution in [3.05, 3.63) is 131 Å². The first-order valence-electron chi connectivity index (χ1n) is 12.4. The third-order valence-electron chi connectivity index (χ3n) is 6.44. The summed E-state index contributed by atoms with van der Waals surface area (Å²) >= 11 is 0. The van der Waals surface area contributed by atoms with E-state index in [0.29, 0.717) is 16.8 Å². The zero-order valence-corrected chi connectivity index (χ0v) is 21.1. The predicted molar refractivity (Wildman–Crippen MR) is 142 cm³/mol. The number of hydrogen-bond acceptors (Lipinski definition) is 5. The zero-order valence-electron chi connectivity index (χ0n) is 21.1. The molecule has 2 heterocycles. The van der Waals surface area contributed by atoms with Crippen LogP contribution >= 0.6 is 0 Å². The van der Waals surface area contributed by atoms with Crippen LogP contribution in [0.2, 0.25) is 0 Å². The van der Waals surface area contributed by atoms with E-state index in [1.807, 2.05) is 0 Å². The van der Waals surface area contributed by atoms with Gasteiger partial charge in [-0.25, -0.2) is 13.6 Å². The monoisotopic (exact) mass is 542 g/mol. The average molecular weight is 543 g/mol. The molecule has 1 saturated heterocycles. The molecular formula is C30H24F2N4O4. The number of rotatable bonds is 8. The molecule has 8 nitrogen and oxygen atoms in total. The summed E-state index contributed by atoms with van der Waals surface area (Å²) in [6.45, 7) is 0.256. The Bertz CT molecular complexity index is 1500. The van der Waals surface area contributed by atoms with Gasteiger partial charge < -0.3 is 15.4 Å². The molecule has 0 radical (unpaired) electrons. The van der Waals surface area contributed by atoms with Gasteiger partial charge in [0.15, 0.2) is 12.1 Å². The maximum absolute atomic E-state index is 13.5. The Balaban J connectivity index is 1.36. The van der Waals surface area contributed by atoms with Crippen LogP contribution in [0, 0.1) is 11.6 Å². The van der Waals surface area contributed by atoms with Crippen molar-refractivity contribution in [2.75, 3.05) is 5.32 Å². The predicted octanol–water partition coefficient (Wildman–Crippen LogP) is 4.99. The molecule has 10 heteroatoms. The Hall–Kier alpha value is -5.12. The van der Waals surface area contributed by atoms with Crippen molar-refractivity contribution < 1.29 is 27.9 Å². The lowest BCUT2D eigenvalue weighted by molar-refractivity contribution is -0.126. The van der Waals surface area contributed by atoms with Crippen molar-refractivity contribution in [1.82, 2.24) is 15.2 Å². The van der Waals surface area contributed by atoms with Crippen molar-refractivity contribution in [3.63, 3.8) is 0 Å². The van der Waals surface area contributed by atoms with E-state index in [0.717, 1.165) is 5.56 Å². The van der Waals surface area contributed by atoms with Gasteiger partial charge >= 0.3 is 6.09 Å². The Labute approximate surface area is 228 Å². The highest BCUT2D eigenvalue weighted by molar-refractivity contribution is 6.04. The van der Waals surface area contributed by atoms with Crippen LogP contribution in [-0.4, -0.2) is 33.8 Å². The van der Waals surface area contributed by atoms with Gasteiger partial charge in [0.05, 0.1) is 6.54 Å². The number of carbonyl (C=O) groups excluding carboxylic acids is 3. The lowest BCUT2D eigenvalue weighted by Crippen LogP contribution is -2.46. The maximum atomic E-state index is 13.5. The Morgan fingerprint density at radius 1 is 0.825 bits per heavy atom. The lowest BCUT2D eigenvalue weighted by atomic mass is 10.00. The summed E-state index contributed by atoms with van der Waals surface area (Å²) in [7, 11) is 0. The minimum atomic E-state index is -1.01. The quantitative estimate of drug-likeness (QED) is 0.327. The molecule has 3 aromatic carbocycles. The Morgan fingerprint density at radius 2 is 1.45 bits per heavy atom. The summed E-state index contributed by atoms with van der Waals surface area (Å²) in [6, 6.07) is 19.9. The number of amides is 3. The van der Waals surface area contributed by atoms with E-state index < -0.39 is 41.7 Å². The fourth-order valence-electron chi connectivity index (χ4n) is 4.35. The number of nitrogens with zero attached hydrogens (tertiary/aromatic N) is 2. The number of benzene rings is 3. The van der Waals surface area contributed by atoms with Crippen LogP contribution in [-0.2, 0) is 22.6 Å². The number of pyridine rings is 1. The average Bonchev–Trinajstić information content (AvgIpc) is 3.29. The molecule has 0 aliphatic carbocycles. The van der Waals surface area contributed by atoms with Crippen molar-refractivity contribution in [3.8, 4) is 0 Å². The van der Waals surface area contributed by atoms with Crippen molar-refractivity contribution in [2.45, 2.75) is 25.2 Å². The van der Waals surface area contributed by atoms with Crippen LogP contribution in [0.25, 0.3) is 0 Å². The molecule has 1 aromatic heterocycles. The number of nitrogens with one attached hydrogen (secondary N) is 2. The van der Waals surface area contributed by atoms with E-state index in [-0.39, 0.29) is 18.7 Å².